The predicted octanol–water partition coefficient (Wildman–Crippen LogP) is 1.62. The quantitative estimate of drug-likeness (QED) is 0.801. The number of nitrogens with two attached hydrogens (primary N) is 1. The van der Waals surface area contributed by atoms with Crippen molar-refractivity contribution < 1.29 is 4.52 Å². The highest BCUT2D eigenvalue weighted by Gasteiger charge is 2.06. The number of hydrogen-bond donors (Lipinski definition) is 2. The molecule has 0 bridgehead atoms. The van der Waals surface area contributed by atoms with Crippen molar-refractivity contribution in [3.63, 3.8) is 0 Å². The van der Waals surface area contributed by atoms with E-state index < -0.39 is 0 Å². The van der Waals surface area contributed by atoms with Crippen LogP contribution in [0.1, 0.15) is 17.0 Å². The molecule has 0 saturated heterocycles. The van der Waals surface area contributed by atoms with Crippen LogP contribution in [0.2, 0.25) is 0 Å². The second-order valence-electron chi connectivity index (χ2n) is 3.55. The molecule has 3 N–H and O–H groups in total. The molecule has 17 heavy (non-hydrogen) atoms. The molecule has 2 aromatic rings. The number of aryl methyl sites for hydroxylation is 1. The second kappa shape index (κ2) is 4.92. The number of nitrogens with one attached hydrogen (secondary N) is 1. The number of pyridine rings is 1. The smallest absolute Gasteiger partial charge is 0.136 e. The van der Waals surface area contributed by atoms with E-state index in [9.17, 15) is 0 Å². The predicted molar refractivity (Wildman–Crippen MR) is 68.7 cm³/mol. The Morgan fingerprint density at radius 2 is 2.41 bits per heavy atom. The van der Waals surface area contributed by atoms with Gasteiger partial charge in [-0.1, -0.05) is 17.4 Å². The van der Waals surface area contributed by atoms with Crippen LogP contribution in [0.4, 0.5) is 5.82 Å². The lowest BCUT2D eigenvalue weighted by Crippen LogP contribution is -2.14. The molecule has 0 aliphatic heterocycles. The summed E-state index contributed by atoms with van der Waals surface area (Å²) in [4.78, 5) is 4.50. The fraction of sp³-hybridized carbons (Fsp3) is 0.182. The van der Waals surface area contributed by atoms with Gasteiger partial charge in [-0.3, -0.25) is 0 Å². The average molecular weight is 248 g/mol. The molecule has 0 fully saturated rings. The summed E-state index contributed by atoms with van der Waals surface area (Å²) in [6.07, 6.45) is 1.68. The molecule has 0 atom stereocenters. The van der Waals surface area contributed by atoms with Crippen molar-refractivity contribution >= 4 is 23.0 Å². The molecule has 88 valence electrons. The minimum absolute atomic E-state index is 0.317. The Morgan fingerprint density at radius 1 is 1.59 bits per heavy atom. The Balaban J connectivity index is 2.11. The van der Waals surface area contributed by atoms with Crippen molar-refractivity contribution in [1.29, 1.82) is 0 Å². The molecular formula is C11H12N4OS. The maximum atomic E-state index is 5.60. The Kier molecular flexibility index (Phi) is 3.34. The first-order valence-electron chi connectivity index (χ1n) is 5.07. The van der Waals surface area contributed by atoms with Crippen LogP contribution >= 0.6 is 12.2 Å². The Hall–Kier alpha value is -1.95. The van der Waals surface area contributed by atoms with Gasteiger partial charge < -0.3 is 15.6 Å². The molecule has 6 heteroatoms. The van der Waals surface area contributed by atoms with E-state index >= 15 is 0 Å². The first kappa shape index (κ1) is 11.5. The highest BCUT2D eigenvalue weighted by Crippen LogP contribution is 2.12. The summed E-state index contributed by atoms with van der Waals surface area (Å²) in [6, 6.07) is 5.47. The van der Waals surface area contributed by atoms with E-state index in [1.807, 2.05) is 19.1 Å². The molecule has 0 saturated carbocycles. The van der Waals surface area contributed by atoms with Gasteiger partial charge in [-0.05, 0) is 19.1 Å². The topological polar surface area (TPSA) is 77.0 Å². The number of thiocarbonyl (C=S) groups is 1. The second-order valence-corrected chi connectivity index (χ2v) is 3.99. The van der Waals surface area contributed by atoms with Gasteiger partial charge in [0.05, 0.1) is 12.1 Å². The van der Waals surface area contributed by atoms with Gasteiger partial charge in [0.2, 0.25) is 0 Å². The summed E-state index contributed by atoms with van der Waals surface area (Å²) < 4.78 is 4.97. The van der Waals surface area contributed by atoms with Crippen molar-refractivity contribution in [3.8, 4) is 0 Å². The molecule has 0 aliphatic rings. The molecule has 0 unspecified atom stereocenters. The van der Waals surface area contributed by atoms with Crippen LogP contribution in [0.15, 0.2) is 28.9 Å². The van der Waals surface area contributed by atoms with E-state index in [0.717, 1.165) is 17.0 Å². The lowest BCUT2D eigenvalue weighted by Gasteiger charge is -2.07. The molecule has 0 aromatic carbocycles. The van der Waals surface area contributed by atoms with Crippen LogP contribution in [-0.4, -0.2) is 15.1 Å². The van der Waals surface area contributed by atoms with Crippen LogP contribution < -0.4 is 11.1 Å². The van der Waals surface area contributed by atoms with E-state index in [4.69, 9.17) is 22.5 Å². The van der Waals surface area contributed by atoms with E-state index in [1.54, 1.807) is 12.3 Å². The lowest BCUT2D eigenvalue weighted by atomic mass is 10.2. The van der Waals surface area contributed by atoms with Crippen LogP contribution in [0, 0.1) is 6.92 Å². The van der Waals surface area contributed by atoms with Gasteiger partial charge in [-0.15, -0.1) is 0 Å². The summed E-state index contributed by atoms with van der Waals surface area (Å²) in [5, 5.41) is 7.00. The molecule has 5 nitrogen and oxygen atoms in total. The summed E-state index contributed by atoms with van der Waals surface area (Å²) in [6.45, 7) is 2.36. The van der Waals surface area contributed by atoms with Crippen molar-refractivity contribution in [2.75, 3.05) is 5.32 Å². The zero-order valence-electron chi connectivity index (χ0n) is 9.30. The molecule has 0 aliphatic carbocycles. The average Bonchev–Trinajstić information content (AvgIpc) is 2.73. The van der Waals surface area contributed by atoms with Crippen LogP contribution in [0.3, 0.4) is 0 Å². The van der Waals surface area contributed by atoms with E-state index in [1.165, 1.54) is 0 Å². The van der Waals surface area contributed by atoms with Crippen LogP contribution in [-0.2, 0) is 6.54 Å². The third-order valence-electron chi connectivity index (χ3n) is 2.19. The number of aromatic nitrogens is 2. The van der Waals surface area contributed by atoms with E-state index in [-0.39, 0.29) is 0 Å². The fourth-order valence-electron chi connectivity index (χ4n) is 1.42. The SMILES string of the molecule is Cc1cc(CNc2ncccc2C(N)=S)no1. The summed E-state index contributed by atoms with van der Waals surface area (Å²) in [7, 11) is 0. The maximum absolute atomic E-state index is 5.60. The highest BCUT2D eigenvalue weighted by atomic mass is 32.1. The number of rotatable bonds is 4. The Morgan fingerprint density at radius 3 is 3.06 bits per heavy atom. The lowest BCUT2D eigenvalue weighted by molar-refractivity contribution is 0.391. The van der Waals surface area contributed by atoms with Crippen LogP contribution in [0.25, 0.3) is 0 Å². The van der Waals surface area contributed by atoms with Gasteiger partial charge in [0.1, 0.15) is 22.3 Å². The van der Waals surface area contributed by atoms with Gasteiger partial charge in [0.25, 0.3) is 0 Å². The van der Waals surface area contributed by atoms with E-state index in [2.05, 4.69) is 15.5 Å². The number of nitrogens with zero attached hydrogens (tertiary/aromatic N) is 2. The van der Waals surface area contributed by atoms with Gasteiger partial charge in [0.15, 0.2) is 0 Å². The minimum atomic E-state index is 0.317. The largest absolute Gasteiger partial charge is 0.389 e. The molecule has 2 rings (SSSR count). The number of anilines is 1. The van der Waals surface area contributed by atoms with Crippen LogP contribution in [0.5, 0.6) is 0 Å². The van der Waals surface area contributed by atoms with Crippen molar-refractivity contribution in [2.24, 2.45) is 5.73 Å². The zero-order valence-corrected chi connectivity index (χ0v) is 10.1. The normalized spacial score (nSPS) is 10.2. The monoisotopic (exact) mass is 248 g/mol. The van der Waals surface area contributed by atoms with Gasteiger partial charge in [-0.2, -0.15) is 0 Å². The first-order valence-corrected chi connectivity index (χ1v) is 5.48. The van der Waals surface area contributed by atoms with Gasteiger partial charge >= 0.3 is 0 Å². The summed E-state index contributed by atoms with van der Waals surface area (Å²) >= 11 is 4.95. The molecule has 2 heterocycles. The Bertz CT molecular complexity index is 538. The van der Waals surface area contributed by atoms with Crippen molar-refractivity contribution in [3.05, 3.63) is 41.4 Å². The minimum Gasteiger partial charge on any atom is -0.389 e. The highest BCUT2D eigenvalue weighted by molar-refractivity contribution is 7.80. The van der Waals surface area contributed by atoms with Crippen molar-refractivity contribution in [2.45, 2.75) is 13.5 Å². The molecule has 0 radical (unpaired) electrons. The third-order valence-corrected chi connectivity index (χ3v) is 2.41. The van der Waals surface area contributed by atoms with Gasteiger partial charge in [-0.25, -0.2) is 4.98 Å². The fourth-order valence-corrected chi connectivity index (χ4v) is 1.59. The number of hydrogen-bond acceptors (Lipinski definition) is 5. The van der Waals surface area contributed by atoms with Crippen molar-refractivity contribution in [1.82, 2.24) is 10.1 Å². The Labute approximate surface area is 104 Å². The molecule has 0 spiro atoms. The first-order chi connectivity index (χ1) is 8.16. The summed E-state index contributed by atoms with van der Waals surface area (Å²) in [5.41, 5.74) is 7.14. The van der Waals surface area contributed by atoms with Gasteiger partial charge in [0, 0.05) is 12.3 Å². The molecule has 0 amide bonds. The standard InChI is InChI=1S/C11H12N4OS/c1-7-5-8(15-16-7)6-14-11-9(10(12)17)3-2-4-13-11/h2-5H,6H2,1H3,(H2,12,17)(H,13,14). The third kappa shape index (κ3) is 2.79. The molecular weight excluding hydrogens is 236 g/mol. The summed E-state index contributed by atoms with van der Waals surface area (Å²) in [5.74, 6) is 1.43. The molecule has 2 aromatic heterocycles. The maximum Gasteiger partial charge on any atom is 0.136 e. The van der Waals surface area contributed by atoms with E-state index in [0.29, 0.717) is 17.4 Å². The zero-order chi connectivity index (χ0) is 12.3.